The van der Waals surface area contributed by atoms with Gasteiger partial charge in [-0.1, -0.05) is 17.7 Å². The maximum atomic E-state index is 12.6. The van der Waals surface area contributed by atoms with Gasteiger partial charge in [-0.15, -0.1) is 0 Å². The van der Waals surface area contributed by atoms with Crippen LogP contribution in [-0.4, -0.2) is 38.6 Å². The molecule has 0 saturated carbocycles. The molecule has 0 aliphatic carbocycles. The highest BCUT2D eigenvalue weighted by Gasteiger charge is 2.25. The number of rotatable bonds is 2. The number of pyridine rings is 1. The van der Waals surface area contributed by atoms with Crippen molar-refractivity contribution in [2.45, 2.75) is 32.7 Å². The molecular weight excluding hydrogens is 326 g/mol. The third kappa shape index (κ3) is 3.14. The summed E-state index contributed by atoms with van der Waals surface area (Å²) in [7, 11) is 0. The number of benzene rings is 1. The van der Waals surface area contributed by atoms with E-state index >= 15 is 0 Å². The fraction of sp³-hybridized carbons (Fsp3) is 0.350. The molecule has 134 valence electrons. The number of anilines is 1. The second-order valence-electron chi connectivity index (χ2n) is 6.96. The molecule has 4 rings (SSSR count). The number of aromatic nitrogens is 3. The van der Waals surface area contributed by atoms with E-state index in [1.165, 1.54) is 5.56 Å². The molecule has 6 heteroatoms. The van der Waals surface area contributed by atoms with Crippen molar-refractivity contribution in [2.24, 2.45) is 0 Å². The van der Waals surface area contributed by atoms with Crippen LogP contribution >= 0.6 is 0 Å². The lowest BCUT2D eigenvalue weighted by Crippen LogP contribution is -2.41. The second kappa shape index (κ2) is 6.78. The molecule has 1 fully saturated rings. The molecule has 1 aliphatic rings. The average Bonchev–Trinajstić information content (AvgIpc) is 3.08. The normalized spacial score (nSPS) is 15.4. The van der Waals surface area contributed by atoms with E-state index in [0.29, 0.717) is 6.04 Å². The molecular formula is C20H23N5O. The van der Waals surface area contributed by atoms with E-state index in [1.807, 2.05) is 42.4 Å². The van der Waals surface area contributed by atoms with Crippen LogP contribution in [-0.2, 0) is 0 Å². The van der Waals surface area contributed by atoms with E-state index in [0.717, 1.165) is 48.3 Å². The quantitative estimate of drug-likeness (QED) is 0.763. The van der Waals surface area contributed by atoms with Crippen molar-refractivity contribution in [1.29, 1.82) is 0 Å². The lowest BCUT2D eigenvalue weighted by atomic mass is 10.1. The van der Waals surface area contributed by atoms with Gasteiger partial charge in [0, 0.05) is 31.0 Å². The third-order valence-electron chi connectivity index (χ3n) is 5.10. The number of imidazole rings is 1. The lowest BCUT2D eigenvalue weighted by Gasteiger charge is -2.32. The highest BCUT2D eigenvalue weighted by molar-refractivity contribution is 5.90. The van der Waals surface area contributed by atoms with E-state index < -0.39 is 0 Å². The first kappa shape index (κ1) is 16.6. The van der Waals surface area contributed by atoms with Crippen molar-refractivity contribution < 1.29 is 4.79 Å². The number of hydrogen-bond acceptors (Lipinski definition) is 3. The Kier molecular flexibility index (Phi) is 4.32. The Morgan fingerprint density at radius 1 is 1.15 bits per heavy atom. The molecule has 1 N–H and O–H groups in total. The number of fused-ring (bicyclic) bond motifs is 1. The molecule has 3 heterocycles. The molecule has 2 aromatic heterocycles. The summed E-state index contributed by atoms with van der Waals surface area (Å²) in [5, 5.41) is 3.04. The van der Waals surface area contributed by atoms with Gasteiger partial charge in [-0.2, -0.15) is 0 Å². The Morgan fingerprint density at radius 3 is 2.73 bits per heavy atom. The first-order valence-corrected chi connectivity index (χ1v) is 9.02. The molecule has 3 aromatic rings. The van der Waals surface area contributed by atoms with Crippen LogP contribution in [0, 0.1) is 13.8 Å². The number of piperidine rings is 1. The van der Waals surface area contributed by atoms with E-state index in [-0.39, 0.29) is 6.03 Å². The number of nitrogens with zero attached hydrogens (tertiary/aromatic N) is 4. The van der Waals surface area contributed by atoms with E-state index in [1.54, 1.807) is 6.20 Å². The van der Waals surface area contributed by atoms with Crippen LogP contribution in [0.25, 0.3) is 11.2 Å². The van der Waals surface area contributed by atoms with E-state index in [2.05, 4.69) is 32.8 Å². The van der Waals surface area contributed by atoms with Crippen LogP contribution in [0.2, 0.25) is 0 Å². The predicted octanol–water partition coefficient (Wildman–Crippen LogP) is 3.92. The first-order chi connectivity index (χ1) is 12.6. The van der Waals surface area contributed by atoms with Gasteiger partial charge in [0.1, 0.15) is 5.52 Å². The van der Waals surface area contributed by atoms with Crippen LogP contribution < -0.4 is 5.32 Å². The van der Waals surface area contributed by atoms with Crippen molar-refractivity contribution in [2.75, 3.05) is 18.4 Å². The summed E-state index contributed by atoms with van der Waals surface area (Å²) in [6.45, 7) is 5.53. The molecule has 0 bridgehead atoms. The van der Waals surface area contributed by atoms with Gasteiger partial charge in [0.05, 0.1) is 6.33 Å². The molecule has 1 aliphatic heterocycles. The number of aryl methyl sites for hydroxylation is 2. The third-order valence-corrected chi connectivity index (χ3v) is 5.10. The average molecular weight is 349 g/mol. The van der Waals surface area contributed by atoms with Crippen LogP contribution in [0.4, 0.5) is 10.5 Å². The Morgan fingerprint density at radius 2 is 1.96 bits per heavy atom. The number of carbonyl (C=O) groups excluding carboxylic acids is 1. The molecule has 1 aromatic carbocycles. The number of amides is 2. The molecule has 26 heavy (non-hydrogen) atoms. The zero-order valence-electron chi connectivity index (χ0n) is 15.1. The molecule has 6 nitrogen and oxygen atoms in total. The Labute approximate surface area is 152 Å². The predicted molar refractivity (Wildman–Crippen MR) is 102 cm³/mol. The Balaban J connectivity index is 1.41. The fourth-order valence-electron chi connectivity index (χ4n) is 3.63. The number of nitrogens with one attached hydrogen (secondary N) is 1. The van der Waals surface area contributed by atoms with E-state index in [4.69, 9.17) is 0 Å². The highest BCUT2D eigenvalue weighted by atomic mass is 16.2. The summed E-state index contributed by atoms with van der Waals surface area (Å²) in [6.07, 6.45) is 5.48. The van der Waals surface area contributed by atoms with Crippen molar-refractivity contribution in [3.05, 3.63) is 54.0 Å². The van der Waals surface area contributed by atoms with Crippen LogP contribution in [0.5, 0.6) is 0 Å². The topological polar surface area (TPSA) is 63.1 Å². The van der Waals surface area contributed by atoms with Gasteiger partial charge < -0.3 is 14.8 Å². The number of hydrogen-bond donors (Lipinski definition) is 1. The van der Waals surface area contributed by atoms with Gasteiger partial charge in [-0.3, -0.25) is 0 Å². The minimum atomic E-state index is -0.0241. The van der Waals surface area contributed by atoms with Gasteiger partial charge in [0.15, 0.2) is 5.65 Å². The highest BCUT2D eigenvalue weighted by Crippen LogP contribution is 2.26. The van der Waals surface area contributed by atoms with Crippen molar-refractivity contribution in [3.63, 3.8) is 0 Å². The summed E-state index contributed by atoms with van der Waals surface area (Å²) >= 11 is 0. The SMILES string of the molecule is Cc1ccc(NC(=O)N2CCC(n3cnc4cccnc43)CC2)c(C)c1. The first-order valence-electron chi connectivity index (χ1n) is 9.02. The van der Waals surface area contributed by atoms with Gasteiger partial charge >= 0.3 is 6.03 Å². The summed E-state index contributed by atoms with van der Waals surface area (Å²) in [5.41, 5.74) is 5.01. The van der Waals surface area contributed by atoms with Gasteiger partial charge in [0.25, 0.3) is 0 Å². The van der Waals surface area contributed by atoms with Crippen LogP contribution in [0.15, 0.2) is 42.9 Å². The summed E-state index contributed by atoms with van der Waals surface area (Å²) in [4.78, 5) is 23.4. The maximum absolute atomic E-state index is 12.6. The molecule has 0 unspecified atom stereocenters. The standard InChI is InChI=1S/C20H23N5O/c1-14-5-6-17(15(2)12-14)23-20(26)24-10-7-16(8-11-24)25-13-22-18-4-3-9-21-19(18)25/h3-6,9,12-13,16H,7-8,10-11H2,1-2H3,(H,23,26). The molecule has 0 spiro atoms. The summed E-state index contributed by atoms with van der Waals surface area (Å²) in [5.74, 6) is 0. The van der Waals surface area contributed by atoms with Gasteiger partial charge in [-0.25, -0.2) is 14.8 Å². The van der Waals surface area contributed by atoms with E-state index in [9.17, 15) is 4.79 Å². The zero-order valence-corrected chi connectivity index (χ0v) is 15.1. The zero-order chi connectivity index (χ0) is 18.1. The van der Waals surface area contributed by atoms with Crippen molar-refractivity contribution in [3.8, 4) is 0 Å². The Hall–Kier alpha value is -2.89. The number of likely N-dealkylation sites (tertiary alicyclic amines) is 1. The maximum Gasteiger partial charge on any atom is 0.321 e. The summed E-state index contributed by atoms with van der Waals surface area (Å²) in [6, 6.07) is 10.3. The molecule has 0 atom stereocenters. The molecule has 0 radical (unpaired) electrons. The van der Waals surface area contributed by atoms with Gasteiger partial charge in [-0.05, 0) is 50.5 Å². The second-order valence-corrected chi connectivity index (χ2v) is 6.96. The monoisotopic (exact) mass is 349 g/mol. The minimum absolute atomic E-state index is 0.0241. The van der Waals surface area contributed by atoms with Gasteiger partial charge in [0.2, 0.25) is 0 Å². The van der Waals surface area contributed by atoms with Crippen LogP contribution in [0.3, 0.4) is 0 Å². The Bertz CT molecular complexity index is 940. The smallest absolute Gasteiger partial charge is 0.321 e. The van der Waals surface area contributed by atoms with Crippen LogP contribution in [0.1, 0.15) is 30.0 Å². The lowest BCUT2D eigenvalue weighted by molar-refractivity contribution is 0.184. The van der Waals surface area contributed by atoms with Crippen molar-refractivity contribution >= 4 is 22.9 Å². The number of urea groups is 1. The molecule has 1 saturated heterocycles. The molecule has 2 amide bonds. The van der Waals surface area contributed by atoms with Crippen molar-refractivity contribution in [1.82, 2.24) is 19.4 Å². The largest absolute Gasteiger partial charge is 0.324 e. The fourth-order valence-corrected chi connectivity index (χ4v) is 3.63. The minimum Gasteiger partial charge on any atom is -0.324 e. The number of carbonyl (C=O) groups is 1. The summed E-state index contributed by atoms with van der Waals surface area (Å²) < 4.78 is 2.15.